The smallest absolute Gasteiger partial charge is 0.374 e. The van der Waals surface area contributed by atoms with E-state index in [9.17, 15) is 0 Å². The lowest BCUT2D eigenvalue weighted by Gasteiger charge is -2.28. The second kappa shape index (κ2) is 8.52. The fourth-order valence-corrected chi connectivity index (χ4v) is 4.66. The van der Waals surface area contributed by atoms with E-state index in [1.54, 1.807) is 0 Å². The van der Waals surface area contributed by atoms with Gasteiger partial charge in [0, 0.05) is 37.8 Å². The number of nitrogens with one attached hydrogen (secondary N) is 2. The Bertz CT molecular complexity index is 245. The van der Waals surface area contributed by atoms with Gasteiger partial charge in [0.05, 0.1) is 6.67 Å². The normalized spacial score (nSPS) is 15.2. The van der Waals surface area contributed by atoms with Crippen LogP contribution in [0, 0.1) is 0 Å². The zero-order valence-corrected chi connectivity index (χ0v) is 12.8. The number of hydrogen-bond donors (Lipinski definition) is 2. The van der Waals surface area contributed by atoms with Gasteiger partial charge in [-0.1, -0.05) is 0 Å². The summed E-state index contributed by atoms with van der Waals surface area (Å²) in [4.78, 5) is 0. The number of allylic oxidation sites excluding steroid dienone is 1. The van der Waals surface area contributed by atoms with E-state index >= 15 is 0 Å². The van der Waals surface area contributed by atoms with Crippen LogP contribution in [0.5, 0.6) is 0 Å². The van der Waals surface area contributed by atoms with Crippen LogP contribution in [0.15, 0.2) is 11.9 Å². The predicted octanol–water partition coefficient (Wildman–Crippen LogP) is 1.81. The van der Waals surface area contributed by atoms with Crippen molar-refractivity contribution in [1.82, 2.24) is 10.6 Å². The van der Waals surface area contributed by atoms with Crippen LogP contribution >= 0.6 is 0 Å². The molecule has 0 aromatic heterocycles. The number of hydrogen-bond acceptors (Lipinski definition) is 5. The molecular formula is C12H26N2O3Si. The third kappa shape index (κ3) is 4.97. The van der Waals surface area contributed by atoms with Gasteiger partial charge in [-0.3, -0.25) is 0 Å². The van der Waals surface area contributed by atoms with Gasteiger partial charge in [-0.15, -0.1) is 0 Å². The zero-order valence-electron chi connectivity index (χ0n) is 11.8. The summed E-state index contributed by atoms with van der Waals surface area (Å²) in [5.74, 6) is 0. The second-order valence-corrected chi connectivity index (χ2v) is 6.79. The third-order valence-electron chi connectivity index (χ3n) is 2.72. The van der Waals surface area contributed by atoms with E-state index in [1.807, 2.05) is 27.0 Å². The minimum Gasteiger partial charge on any atom is -0.374 e. The van der Waals surface area contributed by atoms with Gasteiger partial charge < -0.3 is 23.9 Å². The molecule has 0 aromatic carbocycles. The van der Waals surface area contributed by atoms with Gasteiger partial charge in [-0.2, -0.15) is 0 Å². The fourth-order valence-electron chi connectivity index (χ4n) is 2.05. The highest BCUT2D eigenvalue weighted by atomic mass is 28.4. The largest absolute Gasteiger partial charge is 0.500 e. The van der Waals surface area contributed by atoms with Gasteiger partial charge in [0.15, 0.2) is 0 Å². The molecule has 0 aliphatic carbocycles. The molecule has 0 saturated carbocycles. The molecule has 0 amide bonds. The van der Waals surface area contributed by atoms with Crippen LogP contribution in [0.2, 0.25) is 6.04 Å². The summed E-state index contributed by atoms with van der Waals surface area (Å²) < 4.78 is 17.4. The van der Waals surface area contributed by atoms with E-state index in [-0.39, 0.29) is 0 Å². The molecule has 0 radical (unpaired) electrons. The van der Waals surface area contributed by atoms with E-state index < -0.39 is 8.80 Å². The van der Waals surface area contributed by atoms with Gasteiger partial charge in [-0.25, -0.2) is 0 Å². The lowest BCUT2D eigenvalue weighted by molar-refractivity contribution is 0.0708. The summed E-state index contributed by atoms with van der Waals surface area (Å²) in [5, 5.41) is 6.42. The zero-order chi connectivity index (χ0) is 13.3. The molecule has 0 aromatic rings. The van der Waals surface area contributed by atoms with E-state index in [0.29, 0.717) is 19.8 Å². The maximum Gasteiger partial charge on any atom is 0.500 e. The average molecular weight is 274 g/mol. The predicted molar refractivity (Wildman–Crippen MR) is 73.9 cm³/mol. The molecule has 0 unspecified atom stereocenters. The molecule has 5 nitrogen and oxygen atoms in total. The molecule has 1 rings (SSSR count). The molecule has 1 aliphatic heterocycles. The van der Waals surface area contributed by atoms with Crippen molar-refractivity contribution in [3.05, 3.63) is 11.9 Å². The standard InChI is InChI=1S/C12H26N2O3Si/c1-4-15-18(16-5-2,17-6-3)9-7-8-12-10-13-11-14-12/h10,13-14H,4-9,11H2,1-3H3. The highest BCUT2D eigenvalue weighted by molar-refractivity contribution is 6.60. The van der Waals surface area contributed by atoms with Crippen molar-refractivity contribution < 1.29 is 13.3 Å². The molecule has 6 heteroatoms. The topological polar surface area (TPSA) is 51.8 Å². The van der Waals surface area contributed by atoms with Crippen LogP contribution in [-0.2, 0) is 13.3 Å². The van der Waals surface area contributed by atoms with Crippen molar-refractivity contribution in [3.8, 4) is 0 Å². The molecule has 1 aliphatic rings. The summed E-state index contributed by atoms with van der Waals surface area (Å²) in [6.45, 7) is 8.75. The Balaban J connectivity index is 2.42. The SMILES string of the molecule is CCO[Si](CCCC1=CNCN1)(OCC)OCC. The van der Waals surface area contributed by atoms with Crippen molar-refractivity contribution in [3.63, 3.8) is 0 Å². The van der Waals surface area contributed by atoms with Crippen LogP contribution in [-0.4, -0.2) is 35.3 Å². The molecule has 0 atom stereocenters. The Labute approximate surface area is 111 Å². The first kappa shape index (κ1) is 15.5. The van der Waals surface area contributed by atoms with Crippen LogP contribution in [0.4, 0.5) is 0 Å². The quantitative estimate of drug-likeness (QED) is 0.595. The van der Waals surface area contributed by atoms with Crippen molar-refractivity contribution in [2.45, 2.75) is 39.7 Å². The summed E-state index contributed by atoms with van der Waals surface area (Å²) >= 11 is 0. The summed E-state index contributed by atoms with van der Waals surface area (Å²) in [6.07, 6.45) is 4.06. The van der Waals surface area contributed by atoms with Crippen molar-refractivity contribution >= 4 is 8.80 Å². The van der Waals surface area contributed by atoms with Gasteiger partial charge in [0.1, 0.15) is 0 Å². The van der Waals surface area contributed by atoms with Crippen LogP contribution in [0.1, 0.15) is 33.6 Å². The van der Waals surface area contributed by atoms with Crippen molar-refractivity contribution in [2.24, 2.45) is 0 Å². The molecule has 0 saturated heterocycles. The highest BCUT2D eigenvalue weighted by Gasteiger charge is 2.39. The second-order valence-electron chi connectivity index (χ2n) is 4.06. The van der Waals surface area contributed by atoms with Crippen LogP contribution in [0.25, 0.3) is 0 Å². The summed E-state index contributed by atoms with van der Waals surface area (Å²) in [7, 11) is -2.44. The third-order valence-corrected chi connectivity index (χ3v) is 5.87. The molecule has 1 heterocycles. The van der Waals surface area contributed by atoms with E-state index in [0.717, 1.165) is 25.6 Å². The van der Waals surface area contributed by atoms with E-state index in [4.69, 9.17) is 13.3 Å². The maximum atomic E-state index is 5.81. The molecule has 2 N–H and O–H groups in total. The molecule has 0 spiro atoms. The Morgan fingerprint density at radius 1 is 1.11 bits per heavy atom. The Morgan fingerprint density at radius 2 is 1.72 bits per heavy atom. The first-order valence-electron chi connectivity index (χ1n) is 6.84. The monoisotopic (exact) mass is 274 g/mol. The van der Waals surface area contributed by atoms with Crippen LogP contribution in [0.3, 0.4) is 0 Å². The van der Waals surface area contributed by atoms with E-state index in [1.165, 1.54) is 5.70 Å². The molecule has 0 fully saturated rings. The first-order valence-corrected chi connectivity index (χ1v) is 8.77. The maximum absolute atomic E-state index is 5.81. The van der Waals surface area contributed by atoms with Gasteiger partial charge in [0.25, 0.3) is 0 Å². The van der Waals surface area contributed by atoms with Gasteiger partial charge in [-0.05, 0) is 33.6 Å². The van der Waals surface area contributed by atoms with Gasteiger partial charge >= 0.3 is 8.80 Å². The van der Waals surface area contributed by atoms with Crippen molar-refractivity contribution in [2.75, 3.05) is 26.5 Å². The lowest BCUT2D eigenvalue weighted by atomic mass is 10.3. The Kier molecular flexibility index (Phi) is 7.34. The minimum absolute atomic E-state index is 0.648. The molecule has 106 valence electrons. The summed E-state index contributed by atoms with van der Waals surface area (Å²) in [5.41, 5.74) is 1.25. The Morgan fingerprint density at radius 3 is 2.17 bits per heavy atom. The summed E-state index contributed by atoms with van der Waals surface area (Å²) in [6, 6.07) is 0.877. The van der Waals surface area contributed by atoms with E-state index in [2.05, 4.69) is 10.6 Å². The Hall–Kier alpha value is -0.563. The highest BCUT2D eigenvalue weighted by Crippen LogP contribution is 2.20. The molecular weight excluding hydrogens is 248 g/mol. The molecule has 18 heavy (non-hydrogen) atoms. The fraction of sp³-hybridized carbons (Fsp3) is 0.833. The minimum atomic E-state index is -2.44. The van der Waals surface area contributed by atoms with Crippen LogP contribution < -0.4 is 10.6 Å². The van der Waals surface area contributed by atoms with Crippen molar-refractivity contribution in [1.29, 1.82) is 0 Å². The lowest BCUT2D eigenvalue weighted by Crippen LogP contribution is -2.45. The number of rotatable bonds is 10. The first-order chi connectivity index (χ1) is 8.76. The molecule has 0 bridgehead atoms. The average Bonchev–Trinajstić information content (AvgIpc) is 2.83. The van der Waals surface area contributed by atoms with Gasteiger partial charge in [0.2, 0.25) is 0 Å².